The van der Waals surface area contributed by atoms with Gasteiger partial charge in [0.05, 0.1) is 23.6 Å². The molecule has 0 atom stereocenters. The number of rotatable bonds is 2. The number of hydrazine groups is 1. The summed E-state index contributed by atoms with van der Waals surface area (Å²) in [4.78, 5) is 14.4. The van der Waals surface area contributed by atoms with Crippen LogP contribution in [-0.2, 0) is 0 Å². The van der Waals surface area contributed by atoms with E-state index >= 15 is 0 Å². The Morgan fingerprint density at radius 1 is 1.50 bits per heavy atom. The van der Waals surface area contributed by atoms with Crippen LogP contribution in [0.25, 0.3) is 6.08 Å². The molecule has 4 N–H and O–H groups in total. The van der Waals surface area contributed by atoms with Crippen molar-refractivity contribution in [2.75, 3.05) is 12.0 Å². The van der Waals surface area contributed by atoms with Crippen LogP contribution in [0, 0.1) is 0 Å². The number of nitrogens with one attached hydrogen (secondary N) is 3. The molecule has 0 saturated carbocycles. The number of amides is 1. The zero-order chi connectivity index (χ0) is 11.5. The molecule has 1 amide bonds. The Balaban J connectivity index is 2.17. The molecule has 7 heteroatoms. The normalized spacial score (nSPS) is 12.9. The second-order valence-electron chi connectivity index (χ2n) is 3.15. The third-order valence-corrected chi connectivity index (χ3v) is 2.20. The fourth-order valence-corrected chi connectivity index (χ4v) is 1.43. The van der Waals surface area contributed by atoms with Gasteiger partial charge in [0.15, 0.2) is 0 Å². The average molecular weight is 241 g/mol. The van der Waals surface area contributed by atoms with Crippen molar-refractivity contribution in [3.8, 4) is 0 Å². The van der Waals surface area contributed by atoms with Crippen LogP contribution in [0.15, 0.2) is 17.8 Å². The number of hydrogen-bond donors (Lipinski definition) is 4. The average Bonchev–Trinajstić information content (AvgIpc) is 2.25. The highest BCUT2D eigenvalue weighted by Gasteiger charge is 2.10. The number of nitrogens with zero attached hydrogens (tertiary/aromatic N) is 1. The van der Waals surface area contributed by atoms with Gasteiger partial charge in [0, 0.05) is 0 Å². The van der Waals surface area contributed by atoms with E-state index in [4.69, 9.17) is 16.7 Å². The van der Waals surface area contributed by atoms with Crippen molar-refractivity contribution in [3.05, 3.63) is 28.7 Å². The number of anilines is 1. The van der Waals surface area contributed by atoms with Crippen molar-refractivity contribution in [3.63, 3.8) is 0 Å². The van der Waals surface area contributed by atoms with Gasteiger partial charge in [-0.1, -0.05) is 11.6 Å². The van der Waals surface area contributed by atoms with E-state index < -0.39 is 6.09 Å². The lowest BCUT2D eigenvalue weighted by Crippen LogP contribution is -2.33. The molecule has 0 unspecified atom stereocenters. The first-order valence-corrected chi connectivity index (χ1v) is 4.89. The molecule has 0 aromatic carbocycles. The van der Waals surface area contributed by atoms with Crippen LogP contribution in [-0.4, -0.2) is 22.7 Å². The van der Waals surface area contributed by atoms with Gasteiger partial charge < -0.3 is 15.8 Å². The Morgan fingerprint density at radius 3 is 3.06 bits per heavy atom. The van der Waals surface area contributed by atoms with E-state index in [-0.39, 0.29) is 6.54 Å². The molecule has 1 aromatic rings. The van der Waals surface area contributed by atoms with E-state index in [0.29, 0.717) is 16.5 Å². The Labute approximate surface area is 96.3 Å². The first-order chi connectivity index (χ1) is 7.65. The maximum Gasteiger partial charge on any atom is 0.404 e. The smallest absolute Gasteiger partial charge is 0.404 e. The minimum atomic E-state index is -1.08. The molecule has 0 spiro atoms. The fraction of sp³-hybridized carbons (Fsp3) is 0.111. The minimum Gasteiger partial charge on any atom is -0.465 e. The molecule has 0 aliphatic carbocycles. The van der Waals surface area contributed by atoms with Gasteiger partial charge in [-0.15, -0.1) is 0 Å². The Bertz CT molecular complexity index is 461. The summed E-state index contributed by atoms with van der Waals surface area (Å²) in [5.41, 5.74) is 7.88. The summed E-state index contributed by atoms with van der Waals surface area (Å²) in [5, 5.41) is 11.1. The van der Waals surface area contributed by atoms with Gasteiger partial charge in [-0.2, -0.15) is 0 Å². The first kappa shape index (κ1) is 10.6. The highest BCUT2D eigenvalue weighted by atomic mass is 35.5. The van der Waals surface area contributed by atoms with Crippen molar-refractivity contribution in [2.24, 2.45) is 0 Å². The lowest BCUT2D eigenvalue weighted by atomic mass is 10.2. The molecule has 0 saturated heterocycles. The summed E-state index contributed by atoms with van der Waals surface area (Å²) in [6.45, 7) is 0.177. The van der Waals surface area contributed by atoms with Crippen LogP contribution in [0.1, 0.15) is 5.69 Å². The third-order valence-electron chi connectivity index (χ3n) is 1.99. The summed E-state index contributed by atoms with van der Waals surface area (Å²) in [5.74, 6) is 0. The van der Waals surface area contributed by atoms with Crippen molar-refractivity contribution in [1.29, 1.82) is 0 Å². The summed E-state index contributed by atoms with van der Waals surface area (Å²) in [6, 6.07) is 3.46. The van der Waals surface area contributed by atoms with E-state index in [1.807, 2.05) is 0 Å². The third kappa shape index (κ3) is 2.34. The van der Waals surface area contributed by atoms with Crippen LogP contribution in [0.5, 0.6) is 0 Å². The highest BCUT2D eigenvalue weighted by Crippen LogP contribution is 2.21. The van der Waals surface area contributed by atoms with E-state index in [9.17, 15) is 4.79 Å². The van der Waals surface area contributed by atoms with Crippen molar-refractivity contribution in [1.82, 2.24) is 15.7 Å². The molecular weight excluding hydrogens is 232 g/mol. The second-order valence-corrected chi connectivity index (χ2v) is 3.53. The molecule has 2 rings (SSSR count). The second kappa shape index (κ2) is 4.28. The largest absolute Gasteiger partial charge is 0.465 e. The predicted molar refractivity (Wildman–Crippen MR) is 60.0 cm³/mol. The lowest BCUT2D eigenvalue weighted by Gasteiger charge is -2.19. The zero-order valence-corrected chi connectivity index (χ0v) is 8.88. The number of carboxylic acid groups (broad SMARTS) is 1. The highest BCUT2D eigenvalue weighted by molar-refractivity contribution is 6.29. The molecular formula is C9H9ClN4O2. The van der Waals surface area contributed by atoms with E-state index in [2.05, 4.69) is 21.2 Å². The number of hydrogen-bond acceptors (Lipinski definition) is 4. The number of aromatic nitrogens is 1. The summed E-state index contributed by atoms with van der Waals surface area (Å²) in [6.07, 6.45) is 0.653. The molecule has 1 aromatic heterocycles. The van der Waals surface area contributed by atoms with E-state index in [1.54, 1.807) is 18.2 Å². The molecule has 0 bridgehead atoms. The van der Waals surface area contributed by atoms with Gasteiger partial charge in [-0.25, -0.2) is 9.78 Å². The van der Waals surface area contributed by atoms with Gasteiger partial charge in [-0.3, -0.25) is 5.43 Å². The SMILES string of the molecule is O=C(O)NCC1=Cc2nc(Cl)ccc2NN1. The Kier molecular flexibility index (Phi) is 2.82. The summed E-state index contributed by atoms with van der Waals surface area (Å²) >= 11 is 5.75. The number of pyridine rings is 1. The molecule has 2 heterocycles. The van der Waals surface area contributed by atoms with Crippen LogP contribution in [0.4, 0.5) is 10.5 Å². The van der Waals surface area contributed by atoms with Crippen molar-refractivity contribution < 1.29 is 9.90 Å². The van der Waals surface area contributed by atoms with Gasteiger partial charge in [0.25, 0.3) is 0 Å². The molecule has 1 aliphatic heterocycles. The van der Waals surface area contributed by atoms with E-state index in [0.717, 1.165) is 5.69 Å². The number of halogens is 1. The minimum absolute atomic E-state index is 0.177. The lowest BCUT2D eigenvalue weighted by molar-refractivity contribution is 0.195. The summed E-state index contributed by atoms with van der Waals surface area (Å²) in [7, 11) is 0. The molecule has 0 fully saturated rings. The topological polar surface area (TPSA) is 86.3 Å². The van der Waals surface area contributed by atoms with E-state index in [1.165, 1.54) is 0 Å². The van der Waals surface area contributed by atoms with Crippen molar-refractivity contribution in [2.45, 2.75) is 0 Å². The quantitative estimate of drug-likeness (QED) is 0.585. The maximum absolute atomic E-state index is 10.3. The maximum atomic E-state index is 10.3. The van der Waals surface area contributed by atoms with Crippen LogP contribution >= 0.6 is 11.6 Å². The standard InChI is InChI=1S/C9H9ClN4O2/c10-8-2-1-6-7(12-8)3-5(13-14-6)4-11-9(15)16/h1-3,11,13-14H,4H2,(H,15,16). The summed E-state index contributed by atoms with van der Waals surface area (Å²) < 4.78 is 0. The predicted octanol–water partition coefficient (Wildman–Crippen LogP) is 1.27. The monoisotopic (exact) mass is 240 g/mol. The number of fused-ring (bicyclic) bond motifs is 1. The van der Waals surface area contributed by atoms with Gasteiger partial charge in [0.2, 0.25) is 0 Å². The molecule has 6 nitrogen and oxygen atoms in total. The number of carbonyl (C=O) groups is 1. The molecule has 16 heavy (non-hydrogen) atoms. The van der Waals surface area contributed by atoms with Gasteiger partial charge in [0.1, 0.15) is 5.15 Å². The van der Waals surface area contributed by atoms with Crippen molar-refractivity contribution >= 4 is 29.5 Å². The molecule has 1 aliphatic rings. The van der Waals surface area contributed by atoms with Crippen LogP contribution < -0.4 is 16.2 Å². The Hall–Kier alpha value is -1.95. The van der Waals surface area contributed by atoms with Gasteiger partial charge >= 0.3 is 6.09 Å². The zero-order valence-electron chi connectivity index (χ0n) is 8.12. The van der Waals surface area contributed by atoms with Crippen LogP contribution in [0.3, 0.4) is 0 Å². The van der Waals surface area contributed by atoms with Crippen LogP contribution in [0.2, 0.25) is 5.15 Å². The first-order valence-electron chi connectivity index (χ1n) is 4.51. The molecule has 0 radical (unpaired) electrons. The fourth-order valence-electron chi connectivity index (χ4n) is 1.28. The van der Waals surface area contributed by atoms with Gasteiger partial charge in [-0.05, 0) is 18.2 Å². The molecule has 84 valence electrons. The Morgan fingerprint density at radius 2 is 2.31 bits per heavy atom.